The molecule has 0 radical (unpaired) electrons. The molecule has 1 aliphatic carbocycles. The first-order valence-corrected chi connectivity index (χ1v) is 8.04. The Kier molecular flexibility index (Phi) is 5.11. The van der Waals surface area contributed by atoms with Gasteiger partial charge >= 0.3 is 0 Å². The minimum absolute atomic E-state index is 0.0335. The number of benzene rings is 2. The number of carbonyl (C=O) groups is 2. The maximum absolute atomic E-state index is 12.0. The summed E-state index contributed by atoms with van der Waals surface area (Å²) in [6, 6.07) is 17.2. The van der Waals surface area contributed by atoms with Crippen molar-refractivity contribution >= 4 is 11.8 Å². The minimum atomic E-state index is -0.319. The van der Waals surface area contributed by atoms with Crippen molar-refractivity contribution in [3.8, 4) is 5.75 Å². The van der Waals surface area contributed by atoms with E-state index < -0.39 is 0 Å². The lowest BCUT2D eigenvalue weighted by Gasteiger charge is -2.14. The van der Waals surface area contributed by atoms with Gasteiger partial charge in [0, 0.05) is 0 Å². The molecule has 0 bridgehead atoms. The summed E-state index contributed by atoms with van der Waals surface area (Å²) in [5.41, 5.74) is 2.45. The zero-order valence-corrected chi connectivity index (χ0v) is 13.3. The standard InChI is InChI=1S/C19H20N2O3/c22-18(21-17-11-10-14-6-4-5-9-16(14)17)12-20-19(23)13-24-15-7-2-1-3-8-15/h1-9,17H,10-13H2,(H,20,23)(H,21,22). The van der Waals surface area contributed by atoms with Crippen molar-refractivity contribution in [3.63, 3.8) is 0 Å². The maximum atomic E-state index is 12.0. The Hall–Kier alpha value is -2.82. The molecule has 0 aromatic heterocycles. The molecule has 1 atom stereocenters. The number of ether oxygens (including phenoxy) is 1. The molecule has 2 aromatic carbocycles. The SMILES string of the molecule is O=C(COc1ccccc1)NCC(=O)NC1CCc2ccccc21. The molecule has 0 saturated carbocycles. The third-order valence-corrected chi connectivity index (χ3v) is 4.03. The number of para-hydroxylation sites is 1. The van der Waals surface area contributed by atoms with E-state index in [2.05, 4.69) is 16.7 Å². The van der Waals surface area contributed by atoms with Crippen LogP contribution in [-0.4, -0.2) is 25.0 Å². The highest BCUT2D eigenvalue weighted by atomic mass is 16.5. The molecule has 124 valence electrons. The van der Waals surface area contributed by atoms with Crippen LogP contribution in [0.15, 0.2) is 54.6 Å². The number of aryl methyl sites for hydroxylation is 1. The molecule has 2 N–H and O–H groups in total. The third-order valence-electron chi connectivity index (χ3n) is 4.03. The van der Waals surface area contributed by atoms with Gasteiger partial charge in [0.1, 0.15) is 5.75 Å². The Morgan fingerprint density at radius 2 is 1.75 bits per heavy atom. The van der Waals surface area contributed by atoms with E-state index in [0.717, 1.165) is 12.8 Å². The highest BCUT2D eigenvalue weighted by Gasteiger charge is 2.23. The number of nitrogens with one attached hydrogen (secondary N) is 2. The molecule has 24 heavy (non-hydrogen) atoms. The predicted molar refractivity (Wildman–Crippen MR) is 90.6 cm³/mol. The van der Waals surface area contributed by atoms with Crippen LogP contribution in [0.1, 0.15) is 23.6 Å². The zero-order chi connectivity index (χ0) is 16.8. The first-order chi connectivity index (χ1) is 11.7. The van der Waals surface area contributed by atoms with Crippen molar-refractivity contribution in [3.05, 3.63) is 65.7 Å². The summed E-state index contributed by atoms with van der Waals surface area (Å²) in [4.78, 5) is 23.8. The smallest absolute Gasteiger partial charge is 0.258 e. The van der Waals surface area contributed by atoms with Crippen LogP contribution >= 0.6 is 0 Å². The van der Waals surface area contributed by atoms with Crippen molar-refractivity contribution in [1.82, 2.24) is 10.6 Å². The zero-order valence-electron chi connectivity index (χ0n) is 13.3. The van der Waals surface area contributed by atoms with Crippen LogP contribution in [0.3, 0.4) is 0 Å². The van der Waals surface area contributed by atoms with Crippen molar-refractivity contribution < 1.29 is 14.3 Å². The fourth-order valence-corrected chi connectivity index (χ4v) is 2.85. The van der Waals surface area contributed by atoms with Gasteiger partial charge in [-0.3, -0.25) is 9.59 Å². The Morgan fingerprint density at radius 3 is 2.58 bits per heavy atom. The fraction of sp³-hybridized carbons (Fsp3) is 0.263. The molecule has 5 heteroatoms. The van der Waals surface area contributed by atoms with E-state index in [4.69, 9.17) is 4.74 Å². The summed E-state index contributed by atoms with van der Waals surface area (Å²) in [7, 11) is 0. The van der Waals surface area contributed by atoms with Gasteiger partial charge in [-0.2, -0.15) is 0 Å². The molecule has 1 aliphatic rings. The Balaban J connectivity index is 1.40. The highest BCUT2D eigenvalue weighted by Crippen LogP contribution is 2.30. The van der Waals surface area contributed by atoms with Gasteiger partial charge in [0.05, 0.1) is 12.6 Å². The van der Waals surface area contributed by atoms with Crippen molar-refractivity contribution in [2.24, 2.45) is 0 Å². The normalized spacial score (nSPS) is 15.4. The van der Waals surface area contributed by atoms with Gasteiger partial charge in [-0.15, -0.1) is 0 Å². The topological polar surface area (TPSA) is 67.4 Å². The van der Waals surface area contributed by atoms with Crippen LogP contribution in [0.25, 0.3) is 0 Å². The molecular formula is C19H20N2O3. The second-order valence-corrected chi connectivity index (χ2v) is 5.74. The van der Waals surface area contributed by atoms with Crippen molar-refractivity contribution in [1.29, 1.82) is 0 Å². The number of amides is 2. The number of hydrogen-bond donors (Lipinski definition) is 2. The summed E-state index contributed by atoms with van der Waals surface area (Å²) in [6.07, 6.45) is 1.87. The number of rotatable bonds is 6. The molecule has 0 fully saturated rings. The second-order valence-electron chi connectivity index (χ2n) is 5.74. The van der Waals surface area contributed by atoms with Gasteiger partial charge in [0.2, 0.25) is 5.91 Å². The van der Waals surface area contributed by atoms with E-state index in [9.17, 15) is 9.59 Å². The largest absolute Gasteiger partial charge is 0.484 e. The van der Waals surface area contributed by atoms with E-state index in [1.807, 2.05) is 36.4 Å². The first-order valence-electron chi connectivity index (χ1n) is 8.04. The molecule has 1 unspecified atom stereocenters. The lowest BCUT2D eigenvalue weighted by Crippen LogP contribution is -2.39. The Labute approximate surface area is 141 Å². The maximum Gasteiger partial charge on any atom is 0.258 e. The molecule has 2 aromatic rings. The third kappa shape index (κ3) is 4.13. The Bertz CT molecular complexity index is 716. The molecule has 2 amide bonds. The van der Waals surface area contributed by atoms with Crippen LogP contribution in [0.2, 0.25) is 0 Å². The summed E-state index contributed by atoms with van der Waals surface area (Å²) in [5, 5.41) is 5.54. The summed E-state index contributed by atoms with van der Waals surface area (Å²) in [6.45, 7) is -0.154. The van der Waals surface area contributed by atoms with Crippen molar-refractivity contribution in [2.45, 2.75) is 18.9 Å². The first kappa shape index (κ1) is 16.1. The van der Waals surface area contributed by atoms with Crippen LogP contribution in [0.4, 0.5) is 0 Å². The van der Waals surface area contributed by atoms with E-state index in [-0.39, 0.29) is 31.0 Å². The van der Waals surface area contributed by atoms with Crippen LogP contribution in [-0.2, 0) is 16.0 Å². The van der Waals surface area contributed by atoms with E-state index in [0.29, 0.717) is 5.75 Å². The molecule has 0 spiro atoms. The molecule has 0 heterocycles. The predicted octanol–water partition coefficient (Wildman–Crippen LogP) is 1.99. The van der Waals surface area contributed by atoms with Gasteiger partial charge in [-0.05, 0) is 36.1 Å². The average Bonchev–Trinajstić information content (AvgIpc) is 3.02. The van der Waals surface area contributed by atoms with Gasteiger partial charge in [0.25, 0.3) is 5.91 Å². The Morgan fingerprint density at radius 1 is 1.00 bits per heavy atom. The van der Waals surface area contributed by atoms with Crippen LogP contribution in [0.5, 0.6) is 5.75 Å². The monoisotopic (exact) mass is 324 g/mol. The lowest BCUT2D eigenvalue weighted by molar-refractivity contribution is -0.127. The summed E-state index contributed by atoms with van der Waals surface area (Å²) >= 11 is 0. The average molecular weight is 324 g/mol. The molecule has 3 rings (SSSR count). The van der Waals surface area contributed by atoms with Crippen molar-refractivity contribution in [2.75, 3.05) is 13.2 Å². The summed E-state index contributed by atoms with van der Waals surface area (Å²) in [5.74, 6) is 0.116. The molecule has 0 saturated heterocycles. The molecular weight excluding hydrogens is 304 g/mol. The molecule has 0 aliphatic heterocycles. The van der Waals surface area contributed by atoms with E-state index in [1.165, 1.54) is 11.1 Å². The van der Waals surface area contributed by atoms with Crippen LogP contribution in [0, 0.1) is 0 Å². The number of hydrogen-bond acceptors (Lipinski definition) is 3. The highest BCUT2D eigenvalue weighted by molar-refractivity contribution is 5.85. The number of fused-ring (bicyclic) bond motifs is 1. The van der Waals surface area contributed by atoms with Crippen LogP contribution < -0.4 is 15.4 Å². The van der Waals surface area contributed by atoms with E-state index >= 15 is 0 Å². The fourth-order valence-electron chi connectivity index (χ4n) is 2.85. The quantitative estimate of drug-likeness (QED) is 0.854. The number of carbonyl (C=O) groups excluding carboxylic acids is 2. The second kappa shape index (κ2) is 7.64. The summed E-state index contributed by atoms with van der Waals surface area (Å²) < 4.78 is 5.34. The minimum Gasteiger partial charge on any atom is -0.484 e. The lowest BCUT2D eigenvalue weighted by atomic mass is 10.1. The molecule has 5 nitrogen and oxygen atoms in total. The van der Waals surface area contributed by atoms with Gasteiger partial charge in [0.15, 0.2) is 6.61 Å². The van der Waals surface area contributed by atoms with Gasteiger partial charge in [-0.1, -0.05) is 42.5 Å². The van der Waals surface area contributed by atoms with E-state index in [1.54, 1.807) is 12.1 Å². The van der Waals surface area contributed by atoms with Gasteiger partial charge in [-0.25, -0.2) is 0 Å². The van der Waals surface area contributed by atoms with Gasteiger partial charge < -0.3 is 15.4 Å².